The number of unbranched alkanes of at least 4 members (excludes halogenated alkanes) is 1. The molecule has 0 spiro atoms. The van der Waals surface area contributed by atoms with Crippen molar-refractivity contribution in [2.45, 2.75) is 60.3 Å². The van der Waals surface area contributed by atoms with E-state index < -0.39 is 0 Å². The van der Waals surface area contributed by atoms with Gasteiger partial charge in [-0.05, 0) is 90.8 Å². The van der Waals surface area contributed by atoms with Gasteiger partial charge in [-0.15, -0.1) is 0 Å². The number of carbonyl (C=O) groups is 2. The number of carbonyl (C=O) groups excluding carboxylic acids is 2. The number of nitrogens with zero attached hydrogens (tertiary/aromatic N) is 7. The monoisotopic (exact) mass is 681 g/mol. The molecule has 4 rings (SSSR count). The van der Waals surface area contributed by atoms with E-state index in [1.165, 1.54) is 11.8 Å². The molecule has 2 aromatic rings. The van der Waals surface area contributed by atoms with Crippen LogP contribution in [0.3, 0.4) is 0 Å². The van der Waals surface area contributed by atoms with Crippen molar-refractivity contribution >= 4 is 35.0 Å². The maximum absolute atomic E-state index is 13.6. The van der Waals surface area contributed by atoms with Gasteiger partial charge in [0.15, 0.2) is 5.57 Å². The summed E-state index contributed by atoms with van der Waals surface area (Å²) in [4.78, 5) is 28.2. The molecule has 260 valence electrons. The molecule has 10 heteroatoms. The molecule has 0 saturated heterocycles. The second kappa shape index (κ2) is 17.6. The summed E-state index contributed by atoms with van der Waals surface area (Å²) in [7, 11) is 0. The van der Waals surface area contributed by atoms with Gasteiger partial charge in [-0.1, -0.05) is 57.6 Å². The lowest BCUT2D eigenvalue weighted by Crippen LogP contribution is -2.27. The van der Waals surface area contributed by atoms with Crippen LogP contribution in [-0.2, 0) is 14.3 Å². The van der Waals surface area contributed by atoms with E-state index in [0.29, 0.717) is 32.5 Å². The maximum atomic E-state index is 13.6. The van der Waals surface area contributed by atoms with Crippen molar-refractivity contribution in [2.75, 3.05) is 31.1 Å². The first-order valence-electron chi connectivity index (χ1n) is 17.1. The summed E-state index contributed by atoms with van der Waals surface area (Å²) in [5, 5.41) is 38.0. The highest BCUT2D eigenvalue weighted by Gasteiger charge is 2.37. The van der Waals surface area contributed by atoms with Crippen molar-refractivity contribution in [3.05, 3.63) is 106 Å². The summed E-state index contributed by atoms with van der Waals surface area (Å²) < 4.78 is 5.07. The average molecular weight is 682 g/mol. The van der Waals surface area contributed by atoms with E-state index in [1.54, 1.807) is 6.08 Å². The van der Waals surface area contributed by atoms with E-state index in [4.69, 9.17) is 4.74 Å². The number of nitriles is 3. The van der Waals surface area contributed by atoms with Crippen molar-refractivity contribution in [1.29, 1.82) is 15.8 Å². The van der Waals surface area contributed by atoms with Gasteiger partial charge >= 0.3 is 5.97 Å². The predicted molar refractivity (Wildman–Crippen MR) is 197 cm³/mol. The number of anilines is 1. The smallest absolute Gasteiger partial charge is 0.302 e. The van der Waals surface area contributed by atoms with E-state index in [2.05, 4.69) is 47.2 Å². The van der Waals surface area contributed by atoms with Gasteiger partial charge in [0.25, 0.3) is 5.91 Å². The van der Waals surface area contributed by atoms with E-state index in [1.807, 2.05) is 80.6 Å². The highest BCUT2D eigenvalue weighted by molar-refractivity contribution is 6.04. The van der Waals surface area contributed by atoms with Crippen LogP contribution in [0.1, 0.15) is 65.9 Å². The zero-order valence-electron chi connectivity index (χ0n) is 29.9. The summed E-state index contributed by atoms with van der Waals surface area (Å²) >= 11 is 0. The molecule has 10 nitrogen and oxygen atoms in total. The molecule has 2 aliphatic rings. The van der Waals surface area contributed by atoms with E-state index in [9.17, 15) is 25.4 Å². The first-order valence-corrected chi connectivity index (χ1v) is 17.1. The number of esters is 1. The molecular formula is C41H43N7O3. The number of ether oxygens (including phenoxy) is 1. The number of allylic oxidation sites excluding steroid dienone is 6. The van der Waals surface area contributed by atoms with Crippen LogP contribution in [-0.4, -0.2) is 43.0 Å². The van der Waals surface area contributed by atoms with Gasteiger partial charge < -0.3 is 14.5 Å². The minimum absolute atomic E-state index is 0.0703. The zero-order chi connectivity index (χ0) is 37.0. The molecule has 0 N–H and O–H groups in total. The van der Waals surface area contributed by atoms with Gasteiger partial charge in [-0.25, -0.2) is 0 Å². The zero-order valence-corrected chi connectivity index (χ0v) is 29.9. The Morgan fingerprint density at radius 1 is 0.980 bits per heavy atom. The molecule has 1 aliphatic carbocycles. The third-order valence-corrected chi connectivity index (χ3v) is 8.55. The fourth-order valence-corrected chi connectivity index (χ4v) is 6.15. The first-order chi connectivity index (χ1) is 24.5. The van der Waals surface area contributed by atoms with Gasteiger partial charge in [-0.3, -0.25) is 9.59 Å². The number of hydrogen-bond acceptors (Lipinski definition) is 9. The summed E-state index contributed by atoms with van der Waals surface area (Å²) in [6, 6.07) is 21.4. The van der Waals surface area contributed by atoms with Crippen LogP contribution in [0.2, 0.25) is 0 Å². The van der Waals surface area contributed by atoms with E-state index >= 15 is 0 Å². The third kappa shape index (κ3) is 10.00. The van der Waals surface area contributed by atoms with Crippen LogP contribution in [0.25, 0.3) is 6.08 Å². The van der Waals surface area contributed by atoms with Crippen molar-refractivity contribution in [1.82, 2.24) is 4.90 Å². The molecule has 0 atom stereocenters. The summed E-state index contributed by atoms with van der Waals surface area (Å²) in [6.07, 6.45) is 10.9. The molecule has 1 heterocycles. The Bertz CT molecular complexity index is 1930. The van der Waals surface area contributed by atoms with Crippen LogP contribution in [0, 0.1) is 39.4 Å². The molecule has 2 aromatic carbocycles. The Morgan fingerprint density at radius 2 is 1.63 bits per heavy atom. The average Bonchev–Trinajstić information content (AvgIpc) is 3.37. The fraction of sp³-hybridized carbons (Fsp3) is 0.341. The molecule has 1 aliphatic heterocycles. The molecule has 0 radical (unpaired) electrons. The Balaban J connectivity index is 1.50. The Morgan fingerprint density at radius 3 is 2.20 bits per heavy atom. The summed E-state index contributed by atoms with van der Waals surface area (Å²) in [6.45, 7) is 11.8. The second-order valence-corrected chi connectivity index (χ2v) is 13.2. The molecule has 0 fully saturated rings. The fourth-order valence-electron chi connectivity index (χ4n) is 6.15. The maximum Gasteiger partial charge on any atom is 0.302 e. The van der Waals surface area contributed by atoms with Gasteiger partial charge in [0, 0.05) is 25.7 Å². The quantitative estimate of drug-likeness (QED) is 0.116. The van der Waals surface area contributed by atoms with E-state index in [0.717, 1.165) is 53.2 Å². The largest absolute Gasteiger partial charge is 0.464 e. The standard InChI is InChI=1S/C41H43N7O3/c1-6-8-19-48-39(33(26-42)27-43)38(28-44)37(40(48)50)23-32-22-31(24-41(4,5)25-32)10-9-30-11-13-34(14-12-30)45-46-35-15-17-36(18-16-35)47(7-2)20-21-51-29(3)49/h9-18,22-23H,6-8,19-21,24-25H2,1-5H3/b10-9+,32-23-,46-45+. The Hall–Kier alpha value is -6.05. The van der Waals surface area contributed by atoms with Gasteiger partial charge in [0.1, 0.15) is 24.8 Å². The summed E-state index contributed by atoms with van der Waals surface area (Å²) in [5.74, 6) is -0.643. The number of rotatable bonds is 13. The minimum Gasteiger partial charge on any atom is -0.464 e. The van der Waals surface area contributed by atoms with Crippen molar-refractivity contribution in [3.63, 3.8) is 0 Å². The van der Waals surface area contributed by atoms with Gasteiger partial charge in [0.05, 0.1) is 34.8 Å². The number of likely N-dealkylation sites (N-methyl/N-ethyl adjacent to an activating group) is 1. The lowest BCUT2D eigenvalue weighted by molar-refractivity contribution is -0.140. The second-order valence-electron chi connectivity index (χ2n) is 13.2. The van der Waals surface area contributed by atoms with Crippen LogP contribution in [0.5, 0.6) is 0 Å². The number of azo groups is 1. The van der Waals surface area contributed by atoms with Crippen molar-refractivity contribution in [2.24, 2.45) is 15.6 Å². The number of hydrogen-bond donors (Lipinski definition) is 0. The molecule has 1 amide bonds. The SMILES string of the molecule is CCCCN1C(=O)C(/C=C2C=C(/C=C/c3ccc(/N=N/c4ccc(N(CC)CCOC(C)=O)cc4)cc3)CC(C)(C)C/2)=C(C#N)C1=C(C#N)C#N. The molecular weight excluding hydrogens is 638 g/mol. The Labute approximate surface area is 300 Å². The minimum atomic E-state index is -0.357. The van der Waals surface area contributed by atoms with Crippen LogP contribution in [0.15, 0.2) is 111 Å². The van der Waals surface area contributed by atoms with Crippen LogP contribution in [0.4, 0.5) is 17.1 Å². The molecule has 0 bridgehead atoms. The number of benzene rings is 2. The van der Waals surface area contributed by atoms with Crippen LogP contribution >= 0.6 is 0 Å². The van der Waals surface area contributed by atoms with Crippen molar-refractivity contribution < 1.29 is 14.3 Å². The van der Waals surface area contributed by atoms with Gasteiger partial charge in [0.2, 0.25) is 0 Å². The lowest BCUT2D eigenvalue weighted by atomic mass is 9.74. The topological polar surface area (TPSA) is 146 Å². The predicted octanol–water partition coefficient (Wildman–Crippen LogP) is 8.94. The third-order valence-electron chi connectivity index (χ3n) is 8.55. The molecule has 0 saturated carbocycles. The van der Waals surface area contributed by atoms with Crippen LogP contribution < -0.4 is 4.90 Å². The summed E-state index contributed by atoms with van der Waals surface area (Å²) in [5.41, 5.74) is 5.51. The van der Waals surface area contributed by atoms with Gasteiger partial charge in [-0.2, -0.15) is 26.0 Å². The van der Waals surface area contributed by atoms with Crippen molar-refractivity contribution in [3.8, 4) is 18.2 Å². The lowest BCUT2D eigenvalue weighted by Gasteiger charge is -2.30. The molecule has 0 aromatic heterocycles. The highest BCUT2D eigenvalue weighted by Crippen LogP contribution is 2.41. The normalized spacial score (nSPS) is 16.3. The van der Waals surface area contributed by atoms with E-state index in [-0.39, 0.29) is 39.7 Å². The highest BCUT2D eigenvalue weighted by atomic mass is 16.5. The molecule has 51 heavy (non-hydrogen) atoms. The first kappa shape index (κ1) is 37.8. The molecule has 0 unspecified atom stereocenters. The Kier molecular flexibility index (Phi) is 13.0. The number of amides is 1.